The molecule has 0 aliphatic carbocycles. The maximum absolute atomic E-state index is 13.7. The molecule has 0 unspecified atom stereocenters. The van der Waals surface area contributed by atoms with E-state index in [2.05, 4.69) is 10.6 Å². The van der Waals surface area contributed by atoms with Crippen molar-refractivity contribution in [1.29, 1.82) is 0 Å². The minimum atomic E-state index is -0.623. The number of nitrogens with one attached hydrogen (secondary N) is 2. The van der Waals surface area contributed by atoms with Crippen LogP contribution in [0.25, 0.3) is 0 Å². The standard InChI is InChI=1S/C37H41N5O6/c1-26-19-27(2)21-31(20-26)41(4)36(46)25-48-33-16-9-8-15-32(33)42(24-35(45)40(3)30-13-6-5-7-14-30)34(44)23-38-37(47)39-29-12-10-11-28(22-29)17-18-43/h5-16,19-22,43H,17-18,23-25H2,1-4H3,(H2,38,39,47). The van der Waals surface area contributed by atoms with Crippen LogP contribution in [0.3, 0.4) is 0 Å². The van der Waals surface area contributed by atoms with Gasteiger partial charge in [-0.3, -0.25) is 19.3 Å². The van der Waals surface area contributed by atoms with Crippen molar-refractivity contribution in [3.8, 4) is 5.75 Å². The van der Waals surface area contributed by atoms with E-state index >= 15 is 0 Å². The number of ether oxygens (including phenoxy) is 1. The van der Waals surface area contributed by atoms with Gasteiger partial charge >= 0.3 is 6.03 Å². The molecule has 0 saturated carbocycles. The molecule has 11 heteroatoms. The average Bonchev–Trinajstić information content (AvgIpc) is 3.08. The highest BCUT2D eigenvalue weighted by atomic mass is 16.5. The van der Waals surface area contributed by atoms with E-state index < -0.39 is 18.5 Å². The number of hydrogen-bond acceptors (Lipinski definition) is 6. The van der Waals surface area contributed by atoms with E-state index in [-0.39, 0.29) is 43.0 Å². The molecule has 48 heavy (non-hydrogen) atoms. The van der Waals surface area contributed by atoms with Crippen LogP contribution in [-0.4, -0.2) is 69.3 Å². The smallest absolute Gasteiger partial charge is 0.319 e. The van der Waals surface area contributed by atoms with Crippen molar-refractivity contribution in [2.45, 2.75) is 20.3 Å². The summed E-state index contributed by atoms with van der Waals surface area (Å²) in [6, 6.07) is 27.8. The van der Waals surface area contributed by atoms with Crippen LogP contribution in [0.5, 0.6) is 5.75 Å². The van der Waals surface area contributed by atoms with Gasteiger partial charge in [-0.1, -0.05) is 48.5 Å². The molecule has 0 aliphatic rings. The largest absolute Gasteiger partial charge is 0.482 e. The van der Waals surface area contributed by atoms with Gasteiger partial charge in [-0.2, -0.15) is 0 Å². The van der Waals surface area contributed by atoms with Crippen LogP contribution in [0.2, 0.25) is 0 Å². The van der Waals surface area contributed by atoms with Gasteiger partial charge in [0, 0.05) is 37.8 Å². The second-order valence-corrected chi connectivity index (χ2v) is 11.3. The Kier molecular flexibility index (Phi) is 12.3. The van der Waals surface area contributed by atoms with E-state index in [4.69, 9.17) is 4.74 Å². The molecular weight excluding hydrogens is 610 g/mol. The lowest BCUT2D eigenvalue weighted by Gasteiger charge is -2.27. The lowest BCUT2D eigenvalue weighted by atomic mass is 10.1. The fourth-order valence-corrected chi connectivity index (χ4v) is 5.03. The predicted octanol–water partition coefficient (Wildman–Crippen LogP) is 4.70. The second kappa shape index (κ2) is 16.8. The van der Waals surface area contributed by atoms with Crippen molar-refractivity contribution in [2.75, 3.05) is 60.4 Å². The third-order valence-electron chi connectivity index (χ3n) is 7.57. The zero-order chi connectivity index (χ0) is 34.6. The number of rotatable bonds is 13. The number of benzene rings is 4. The number of aryl methyl sites for hydroxylation is 2. The van der Waals surface area contributed by atoms with E-state index in [1.807, 2.05) is 44.2 Å². The Morgan fingerprint density at radius 1 is 0.729 bits per heavy atom. The van der Waals surface area contributed by atoms with Gasteiger partial charge in [0.05, 0.1) is 12.2 Å². The van der Waals surface area contributed by atoms with Crippen molar-refractivity contribution in [3.05, 3.63) is 114 Å². The highest BCUT2D eigenvalue weighted by molar-refractivity contribution is 6.06. The number of nitrogens with zero attached hydrogens (tertiary/aromatic N) is 3. The summed E-state index contributed by atoms with van der Waals surface area (Å²) in [5, 5.41) is 14.5. The fraction of sp³-hybridized carbons (Fsp3) is 0.243. The molecule has 4 aromatic carbocycles. The van der Waals surface area contributed by atoms with Gasteiger partial charge in [-0.05, 0) is 85.5 Å². The van der Waals surface area contributed by atoms with E-state index in [9.17, 15) is 24.3 Å². The first kappa shape index (κ1) is 35.2. The first-order chi connectivity index (χ1) is 23.0. The lowest BCUT2D eigenvalue weighted by molar-refractivity contribution is -0.121. The second-order valence-electron chi connectivity index (χ2n) is 11.3. The Morgan fingerprint density at radius 3 is 2.10 bits per heavy atom. The summed E-state index contributed by atoms with van der Waals surface area (Å²) in [5.74, 6) is -1.06. The van der Waals surface area contributed by atoms with Crippen molar-refractivity contribution in [3.63, 3.8) is 0 Å². The molecule has 0 saturated heterocycles. The molecule has 0 atom stereocenters. The maximum atomic E-state index is 13.7. The third-order valence-corrected chi connectivity index (χ3v) is 7.57. The number of urea groups is 1. The van der Waals surface area contributed by atoms with Crippen LogP contribution in [0, 0.1) is 13.8 Å². The van der Waals surface area contributed by atoms with Crippen LogP contribution in [0.15, 0.2) is 97.1 Å². The summed E-state index contributed by atoms with van der Waals surface area (Å²) in [4.78, 5) is 57.3. The van der Waals surface area contributed by atoms with Crippen LogP contribution in [-0.2, 0) is 20.8 Å². The molecule has 3 N–H and O–H groups in total. The molecule has 4 aromatic rings. The third kappa shape index (κ3) is 9.66. The number of para-hydroxylation sites is 3. The molecule has 5 amide bonds. The van der Waals surface area contributed by atoms with Gasteiger partial charge in [0.1, 0.15) is 12.3 Å². The fourth-order valence-electron chi connectivity index (χ4n) is 5.03. The predicted molar refractivity (Wildman–Crippen MR) is 188 cm³/mol. The first-order valence-electron chi connectivity index (χ1n) is 15.5. The number of likely N-dealkylation sites (N-methyl/N-ethyl adjacent to an activating group) is 2. The minimum absolute atomic E-state index is 0.0271. The molecule has 0 spiro atoms. The van der Waals surface area contributed by atoms with E-state index in [0.29, 0.717) is 17.8 Å². The molecule has 0 heterocycles. The zero-order valence-corrected chi connectivity index (χ0v) is 27.6. The summed E-state index contributed by atoms with van der Waals surface area (Å²) in [7, 11) is 3.28. The number of aliphatic hydroxyl groups excluding tert-OH is 1. The summed E-state index contributed by atoms with van der Waals surface area (Å²) in [6.07, 6.45) is 0.436. The summed E-state index contributed by atoms with van der Waals surface area (Å²) in [6.45, 7) is 2.76. The zero-order valence-electron chi connectivity index (χ0n) is 27.6. The molecule has 0 fully saturated rings. The highest BCUT2D eigenvalue weighted by Crippen LogP contribution is 2.29. The van der Waals surface area contributed by atoms with Crippen molar-refractivity contribution >= 4 is 46.5 Å². The normalized spacial score (nSPS) is 10.5. The highest BCUT2D eigenvalue weighted by Gasteiger charge is 2.25. The molecule has 0 bridgehead atoms. The van der Waals surface area contributed by atoms with Crippen LogP contribution < -0.4 is 30.1 Å². The van der Waals surface area contributed by atoms with Gasteiger partial charge in [0.2, 0.25) is 11.8 Å². The molecule has 11 nitrogen and oxygen atoms in total. The Morgan fingerprint density at radius 2 is 1.40 bits per heavy atom. The van der Waals surface area contributed by atoms with E-state index in [0.717, 1.165) is 22.4 Å². The summed E-state index contributed by atoms with van der Waals surface area (Å²) >= 11 is 0. The quantitative estimate of drug-likeness (QED) is 0.192. The van der Waals surface area contributed by atoms with E-state index in [1.165, 1.54) is 14.7 Å². The molecule has 0 radical (unpaired) electrons. The number of carbonyl (C=O) groups excluding carboxylic acids is 4. The SMILES string of the molecule is Cc1cc(C)cc(N(C)C(=O)COc2ccccc2N(CC(=O)N(C)c2ccccc2)C(=O)CNC(=O)Nc2cccc(CCO)c2)c1. The van der Waals surface area contributed by atoms with Gasteiger partial charge in [0.15, 0.2) is 6.61 Å². The molecular formula is C37H41N5O6. The molecule has 4 rings (SSSR count). The Hall–Kier alpha value is -5.68. The van der Waals surface area contributed by atoms with Gasteiger partial charge in [-0.25, -0.2) is 4.79 Å². The maximum Gasteiger partial charge on any atom is 0.319 e. The number of carbonyl (C=O) groups is 4. The van der Waals surface area contributed by atoms with Crippen LogP contribution in [0.4, 0.5) is 27.5 Å². The average molecular weight is 652 g/mol. The number of hydrogen-bond donors (Lipinski definition) is 3. The summed E-state index contributed by atoms with van der Waals surface area (Å²) < 4.78 is 5.97. The number of aliphatic hydroxyl groups is 1. The number of anilines is 4. The van der Waals surface area contributed by atoms with Gasteiger partial charge in [0.25, 0.3) is 5.91 Å². The molecule has 0 aliphatic heterocycles. The van der Waals surface area contributed by atoms with Crippen LogP contribution >= 0.6 is 0 Å². The lowest BCUT2D eigenvalue weighted by Crippen LogP contribution is -2.46. The van der Waals surface area contributed by atoms with Crippen molar-refractivity contribution in [1.82, 2.24) is 5.32 Å². The Labute approximate surface area is 280 Å². The molecule has 250 valence electrons. The van der Waals surface area contributed by atoms with Crippen molar-refractivity contribution in [2.24, 2.45) is 0 Å². The Bertz CT molecular complexity index is 1730. The Balaban J connectivity index is 1.52. The topological polar surface area (TPSA) is 132 Å². The van der Waals surface area contributed by atoms with E-state index in [1.54, 1.807) is 80.8 Å². The molecule has 0 aromatic heterocycles. The van der Waals surface area contributed by atoms with Crippen molar-refractivity contribution < 1.29 is 29.0 Å². The minimum Gasteiger partial charge on any atom is -0.482 e. The monoisotopic (exact) mass is 651 g/mol. The van der Waals surface area contributed by atoms with Crippen LogP contribution in [0.1, 0.15) is 16.7 Å². The first-order valence-corrected chi connectivity index (χ1v) is 15.5. The van der Waals surface area contributed by atoms with Gasteiger partial charge < -0.3 is 30.3 Å². The van der Waals surface area contributed by atoms with Gasteiger partial charge in [-0.15, -0.1) is 0 Å². The number of amides is 5. The summed E-state index contributed by atoms with van der Waals surface area (Å²) in [5.41, 5.74) is 5.01.